The summed E-state index contributed by atoms with van der Waals surface area (Å²) in [7, 11) is 0. The van der Waals surface area contributed by atoms with Crippen LogP contribution in [-0.4, -0.2) is 26.0 Å². The standard InChI is InChI=1S/C15H12N3Se/c19-15-17-13-9-5-4-8-12(13)14(18-15)16-10-11-6-2-1-3-7-11/h1-9H,10H2,(H,16,17,18). The Morgan fingerprint density at radius 3 is 2.47 bits per heavy atom. The van der Waals surface area contributed by atoms with Gasteiger partial charge in [-0.25, -0.2) is 0 Å². The van der Waals surface area contributed by atoms with E-state index in [0.29, 0.717) is 4.72 Å². The summed E-state index contributed by atoms with van der Waals surface area (Å²) >= 11 is 2.87. The molecule has 0 saturated heterocycles. The van der Waals surface area contributed by atoms with Crippen molar-refractivity contribution in [1.29, 1.82) is 0 Å². The molecule has 0 fully saturated rings. The number of fused-ring (bicyclic) bond motifs is 1. The topological polar surface area (TPSA) is 37.8 Å². The summed E-state index contributed by atoms with van der Waals surface area (Å²) in [5.74, 6) is 0.864. The van der Waals surface area contributed by atoms with Crippen molar-refractivity contribution in [2.45, 2.75) is 6.54 Å². The molecular formula is C15H12N3Se. The van der Waals surface area contributed by atoms with Gasteiger partial charge in [0.05, 0.1) is 0 Å². The quantitative estimate of drug-likeness (QED) is 0.752. The number of hydrogen-bond acceptors (Lipinski definition) is 3. The van der Waals surface area contributed by atoms with Crippen LogP contribution in [0.25, 0.3) is 10.9 Å². The third-order valence-electron chi connectivity index (χ3n) is 2.89. The Labute approximate surface area is 119 Å². The van der Waals surface area contributed by atoms with Crippen molar-refractivity contribution >= 4 is 37.5 Å². The predicted molar refractivity (Wildman–Crippen MR) is 78.7 cm³/mol. The fraction of sp³-hybridized carbons (Fsp3) is 0.0667. The number of anilines is 1. The molecule has 0 aliphatic heterocycles. The number of rotatable bonds is 3. The zero-order valence-corrected chi connectivity index (χ0v) is 11.9. The van der Waals surface area contributed by atoms with Crippen LogP contribution in [0.2, 0.25) is 0 Å². The van der Waals surface area contributed by atoms with Gasteiger partial charge in [0.15, 0.2) is 0 Å². The number of nitrogens with zero attached hydrogens (tertiary/aromatic N) is 2. The summed E-state index contributed by atoms with van der Waals surface area (Å²) in [6.07, 6.45) is 0. The molecule has 3 nitrogen and oxygen atoms in total. The molecule has 0 atom stereocenters. The second-order valence-electron chi connectivity index (χ2n) is 4.21. The van der Waals surface area contributed by atoms with Gasteiger partial charge in [0, 0.05) is 0 Å². The minimum absolute atomic E-state index is 0.661. The molecule has 0 unspecified atom stereocenters. The van der Waals surface area contributed by atoms with Crippen molar-refractivity contribution in [3.63, 3.8) is 0 Å². The summed E-state index contributed by atoms with van der Waals surface area (Å²) in [5.41, 5.74) is 2.17. The molecule has 1 heterocycles. The van der Waals surface area contributed by atoms with E-state index in [0.717, 1.165) is 23.3 Å². The molecule has 0 amide bonds. The molecule has 0 aliphatic rings. The van der Waals surface area contributed by atoms with Crippen molar-refractivity contribution in [2.75, 3.05) is 5.32 Å². The number of hydrogen-bond donors (Lipinski definition) is 1. The molecule has 3 aromatic rings. The van der Waals surface area contributed by atoms with Crippen LogP contribution in [-0.2, 0) is 6.54 Å². The Kier molecular flexibility index (Phi) is 3.45. The van der Waals surface area contributed by atoms with Gasteiger partial charge >= 0.3 is 119 Å². The number of benzene rings is 2. The summed E-state index contributed by atoms with van der Waals surface area (Å²) in [4.78, 5) is 8.82. The molecule has 3 rings (SSSR count). The molecule has 1 radical (unpaired) electrons. The Hall–Kier alpha value is -1.90. The fourth-order valence-corrected chi connectivity index (χ4v) is 2.37. The average molecular weight is 313 g/mol. The first-order valence-electron chi connectivity index (χ1n) is 6.04. The third-order valence-corrected chi connectivity index (χ3v) is 3.27. The van der Waals surface area contributed by atoms with E-state index in [1.165, 1.54) is 5.56 Å². The van der Waals surface area contributed by atoms with Gasteiger partial charge in [-0.1, -0.05) is 0 Å². The van der Waals surface area contributed by atoms with Crippen LogP contribution in [0.4, 0.5) is 5.82 Å². The number of para-hydroxylation sites is 1. The monoisotopic (exact) mass is 314 g/mol. The van der Waals surface area contributed by atoms with Crippen LogP contribution in [0.5, 0.6) is 0 Å². The van der Waals surface area contributed by atoms with Crippen molar-refractivity contribution in [2.24, 2.45) is 0 Å². The molecule has 0 saturated carbocycles. The van der Waals surface area contributed by atoms with Gasteiger partial charge < -0.3 is 0 Å². The second kappa shape index (κ2) is 5.39. The summed E-state index contributed by atoms with van der Waals surface area (Å²) < 4.78 is 0.661. The minimum atomic E-state index is 0.661. The first-order chi connectivity index (χ1) is 9.33. The number of nitrogens with one attached hydrogen (secondary N) is 1. The first-order valence-corrected chi connectivity index (χ1v) is 6.90. The van der Waals surface area contributed by atoms with Crippen molar-refractivity contribution in [1.82, 2.24) is 9.97 Å². The molecule has 1 N–H and O–H groups in total. The number of aromatic nitrogens is 2. The maximum absolute atomic E-state index is 4.44. The van der Waals surface area contributed by atoms with Crippen molar-refractivity contribution in [3.05, 3.63) is 60.2 Å². The van der Waals surface area contributed by atoms with E-state index in [4.69, 9.17) is 0 Å². The van der Waals surface area contributed by atoms with Crippen molar-refractivity contribution < 1.29 is 0 Å². The molecule has 2 aromatic carbocycles. The van der Waals surface area contributed by atoms with E-state index in [9.17, 15) is 0 Å². The summed E-state index contributed by atoms with van der Waals surface area (Å²) in [5, 5.41) is 4.41. The van der Waals surface area contributed by atoms with Gasteiger partial charge in [-0.05, 0) is 0 Å². The zero-order chi connectivity index (χ0) is 13.1. The van der Waals surface area contributed by atoms with E-state index < -0.39 is 0 Å². The van der Waals surface area contributed by atoms with Gasteiger partial charge in [0.2, 0.25) is 0 Å². The van der Waals surface area contributed by atoms with E-state index in [1.807, 2.05) is 42.5 Å². The van der Waals surface area contributed by atoms with Gasteiger partial charge in [0.1, 0.15) is 0 Å². The van der Waals surface area contributed by atoms with Crippen LogP contribution < -0.4 is 10.0 Å². The van der Waals surface area contributed by atoms with Gasteiger partial charge in [0.25, 0.3) is 0 Å². The molecular weight excluding hydrogens is 301 g/mol. The predicted octanol–water partition coefficient (Wildman–Crippen LogP) is 2.04. The molecule has 4 heteroatoms. The van der Waals surface area contributed by atoms with Gasteiger partial charge in [-0.3, -0.25) is 0 Å². The van der Waals surface area contributed by atoms with E-state index in [2.05, 4.69) is 43.4 Å². The Morgan fingerprint density at radius 1 is 0.895 bits per heavy atom. The zero-order valence-electron chi connectivity index (χ0n) is 10.2. The van der Waals surface area contributed by atoms with Crippen molar-refractivity contribution in [3.8, 4) is 0 Å². The SMILES string of the molecule is [Se]c1nc(NCc2ccccc2)c2ccccc2n1. The van der Waals surface area contributed by atoms with Crippen LogP contribution in [0.1, 0.15) is 5.56 Å². The molecule has 0 bridgehead atoms. The maximum atomic E-state index is 4.44. The van der Waals surface area contributed by atoms with Crippen LogP contribution in [0, 0.1) is 0 Å². The van der Waals surface area contributed by atoms with Crippen LogP contribution in [0.15, 0.2) is 54.6 Å². The van der Waals surface area contributed by atoms with E-state index in [-0.39, 0.29) is 0 Å². The summed E-state index contributed by atoms with van der Waals surface area (Å²) in [6, 6.07) is 18.3. The normalized spacial score (nSPS) is 10.5. The Morgan fingerprint density at radius 2 is 1.63 bits per heavy atom. The van der Waals surface area contributed by atoms with Crippen LogP contribution in [0.3, 0.4) is 0 Å². The second-order valence-corrected chi connectivity index (χ2v) is 4.98. The van der Waals surface area contributed by atoms with Gasteiger partial charge in [-0.2, -0.15) is 0 Å². The molecule has 0 spiro atoms. The summed E-state index contributed by atoms with van der Waals surface area (Å²) in [6.45, 7) is 0.751. The Bertz CT molecular complexity index is 698. The third kappa shape index (κ3) is 2.75. The van der Waals surface area contributed by atoms with E-state index >= 15 is 0 Å². The average Bonchev–Trinajstić information content (AvgIpc) is 2.45. The van der Waals surface area contributed by atoms with Gasteiger partial charge in [-0.15, -0.1) is 0 Å². The fourth-order valence-electron chi connectivity index (χ4n) is 1.97. The molecule has 1 aromatic heterocycles. The van der Waals surface area contributed by atoms with Crippen LogP contribution >= 0.6 is 0 Å². The molecule has 19 heavy (non-hydrogen) atoms. The van der Waals surface area contributed by atoms with E-state index in [1.54, 1.807) is 0 Å². The Balaban J connectivity index is 1.92. The molecule has 93 valence electrons. The first kappa shape index (κ1) is 12.1. The molecule has 0 aliphatic carbocycles.